The van der Waals surface area contributed by atoms with Gasteiger partial charge in [0.2, 0.25) is 0 Å². The second kappa shape index (κ2) is 3.28. The summed E-state index contributed by atoms with van der Waals surface area (Å²) in [5, 5.41) is 9.28. The van der Waals surface area contributed by atoms with Crippen LogP contribution in [0.25, 0.3) is 0 Å². The van der Waals surface area contributed by atoms with Gasteiger partial charge in [0.25, 0.3) is 0 Å². The van der Waals surface area contributed by atoms with Crippen molar-refractivity contribution < 1.29 is 9.90 Å². The van der Waals surface area contributed by atoms with E-state index in [1.54, 1.807) is 11.8 Å². The van der Waals surface area contributed by atoms with Crippen LogP contribution in [0.3, 0.4) is 0 Å². The van der Waals surface area contributed by atoms with Crippen molar-refractivity contribution in [3.8, 4) is 0 Å². The van der Waals surface area contributed by atoms with Crippen LogP contribution in [0.5, 0.6) is 0 Å². The molecule has 0 radical (unpaired) electrons. The van der Waals surface area contributed by atoms with Crippen molar-refractivity contribution in [2.75, 3.05) is 6.54 Å². The van der Waals surface area contributed by atoms with Gasteiger partial charge in [-0.15, -0.1) is 0 Å². The summed E-state index contributed by atoms with van der Waals surface area (Å²) >= 11 is 4.91. The van der Waals surface area contributed by atoms with E-state index in [-0.39, 0.29) is 0 Å². The Morgan fingerprint density at radius 3 is 2.82 bits per heavy atom. The molecule has 1 rings (SSSR count). The topological polar surface area (TPSA) is 40.5 Å². The fourth-order valence-corrected chi connectivity index (χ4v) is 1.54. The summed E-state index contributed by atoms with van der Waals surface area (Å²) in [6.45, 7) is 2.46. The largest absolute Gasteiger partial charge is 0.390 e. The van der Waals surface area contributed by atoms with Gasteiger partial charge in [-0.25, -0.2) is 0 Å². The molecule has 1 fully saturated rings. The van der Waals surface area contributed by atoms with E-state index in [4.69, 9.17) is 12.2 Å². The van der Waals surface area contributed by atoms with E-state index in [2.05, 4.69) is 0 Å². The lowest BCUT2D eigenvalue weighted by molar-refractivity contribution is -0.112. The van der Waals surface area contributed by atoms with E-state index < -0.39 is 12.1 Å². The Hall–Kier alpha value is -0.480. The maximum Gasteiger partial charge on any atom is 0.145 e. The zero-order valence-electron chi connectivity index (χ0n) is 6.36. The number of aliphatic hydroxyl groups is 1. The molecule has 1 aliphatic rings. The molecule has 1 saturated heterocycles. The standard InChI is InChI=1S/C7H11NO2S/c1-5(11)8-3-2-7(10)6(8)4-9/h4,6-7,10H,2-3H2,1H3/t6-,7?/m1/s1. The van der Waals surface area contributed by atoms with E-state index >= 15 is 0 Å². The number of carbonyl (C=O) groups excluding carboxylic acids is 1. The highest BCUT2D eigenvalue weighted by molar-refractivity contribution is 7.80. The van der Waals surface area contributed by atoms with Crippen LogP contribution >= 0.6 is 12.2 Å². The molecule has 3 nitrogen and oxygen atoms in total. The van der Waals surface area contributed by atoms with Gasteiger partial charge in [0.1, 0.15) is 12.3 Å². The average Bonchev–Trinajstić information content (AvgIpc) is 2.30. The number of nitrogens with zero attached hydrogens (tertiary/aromatic N) is 1. The molecule has 1 N–H and O–H groups in total. The molecule has 62 valence electrons. The van der Waals surface area contributed by atoms with Gasteiger partial charge in [-0.3, -0.25) is 0 Å². The van der Waals surface area contributed by atoms with Crippen LogP contribution in [0.2, 0.25) is 0 Å². The minimum absolute atomic E-state index is 0.410. The van der Waals surface area contributed by atoms with Crippen molar-refractivity contribution in [1.29, 1.82) is 0 Å². The smallest absolute Gasteiger partial charge is 0.145 e. The molecule has 1 aliphatic heterocycles. The number of likely N-dealkylation sites (tertiary alicyclic amines) is 1. The average molecular weight is 173 g/mol. The predicted octanol–water partition coefficient (Wildman–Crippen LogP) is -0.0322. The van der Waals surface area contributed by atoms with Crippen molar-refractivity contribution in [3.63, 3.8) is 0 Å². The fourth-order valence-electron chi connectivity index (χ4n) is 1.33. The van der Waals surface area contributed by atoms with E-state index in [1.165, 1.54) is 0 Å². The first kappa shape index (κ1) is 8.62. The van der Waals surface area contributed by atoms with Gasteiger partial charge in [0, 0.05) is 6.54 Å². The Morgan fingerprint density at radius 2 is 2.45 bits per heavy atom. The molecule has 0 aliphatic carbocycles. The molecule has 1 heterocycles. The van der Waals surface area contributed by atoms with E-state index in [9.17, 15) is 9.90 Å². The molecular weight excluding hydrogens is 162 g/mol. The molecule has 0 bridgehead atoms. The first-order chi connectivity index (χ1) is 5.16. The fraction of sp³-hybridized carbons (Fsp3) is 0.714. The number of hydrogen-bond donors (Lipinski definition) is 1. The van der Waals surface area contributed by atoms with Crippen LogP contribution < -0.4 is 0 Å². The van der Waals surface area contributed by atoms with Gasteiger partial charge >= 0.3 is 0 Å². The summed E-state index contributed by atoms with van der Waals surface area (Å²) < 4.78 is 0. The SMILES string of the molecule is CC(=S)N1CCC(O)[C@H]1C=O. The third kappa shape index (κ3) is 1.57. The van der Waals surface area contributed by atoms with Crippen molar-refractivity contribution in [2.24, 2.45) is 0 Å². The minimum atomic E-state index is -0.537. The molecule has 0 aromatic rings. The van der Waals surface area contributed by atoms with E-state index in [0.29, 0.717) is 18.0 Å². The molecule has 2 atom stereocenters. The zero-order valence-corrected chi connectivity index (χ0v) is 7.17. The Morgan fingerprint density at radius 1 is 1.82 bits per heavy atom. The van der Waals surface area contributed by atoms with Gasteiger partial charge in [0.15, 0.2) is 0 Å². The van der Waals surface area contributed by atoms with Crippen LogP contribution in [-0.2, 0) is 4.79 Å². The predicted molar refractivity (Wildman–Crippen MR) is 45.5 cm³/mol. The Balaban J connectivity index is 2.68. The highest BCUT2D eigenvalue weighted by atomic mass is 32.1. The number of thiocarbonyl (C=S) groups is 1. The van der Waals surface area contributed by atoms with Gasteiger partial charge in [-0.05, 0) is 13.3 Å². The third-order valence-corrected chi connectivity index (χ3v) is 2.20. The van der Waals surface area contributed by atoms with Gasteiger partial charge in [-0.1, -0.05) is 12.2 Å². The lowest BCUT2D eigenvalue weighted by Crippen LogP contribution is -2.38. The van der Waals surface area contributed by atoms with Crippen LogP contribution in [0.4, 0.5) is 0 Å². The van der Waals surface area contributed by atoms with Crippen molar-refractivity contribution in [1.82, 2.24) is 4.90 Å². The van der Waals surface area contributed by atoms with Gasteiger partial charge in [-0.2, -0.15) is 0 Å². The molecular formula is C7H11NO2S. The lowest BCUT2D eigenvalue weighted by Gasteiger charge is -2.21. The molecule has 0 aromatic carbocycles. The summed E-state index contributed by atoms with van der Waals surface area (Å²) in [6, 6.07) is -0.410. The first-order valence-corrected chi connectivity index (χ1v) is 3.98. The first-order valence-electron chi connectivity index (χ1n) is 3.57. The highest BCUT2D eigenvalue weighted by Crippen LogP contribution is 2.16. The molecule has 11 heavy (non-hydrogen) atoms. The number of carbonyl (C=O) groups is 1. The Labute approximate surface area is 71.0 Å². The minimum Gasteiger partial charge on any atom is -0.390 e. The van der Waals surface area contributed by atoms with Crippen LogP contribution in [-0.4, -0.2) is 40.0 Å². The van der Waals surface area contributed by atoms with Crippen LogP contribution in [0.15, 0.2) is 0 Å². The maximum atomic E-state index is 10.5. The van der Waals surface area contributed by atoms with Crippen molar-refractivity contribution in [3.05, 3.63) is 0 Å². The summed E-state index contributed by atoms with van der Waals surface area (Å²) in [5.74, 6) is 0. The van der Waals surface area contributed by atoms with Crippen LogP contribution in [0, 0.1) is 0 Å². The Bertz CT molecular complexity index is 183. The van der Waals surface area contributed by atoms with Crippen molar-refractivity contribution >= 4 is 23.5 Å². The molecule has 4 heteroatoms. The third-order valence-electron chi connectivity index (χ3n) is 1.96. The summed E-state index contributed by atoms with van der Waals surface area (Å²) in [6.07, 6.45) is 0.857. The van der Waals surface area contributed by atoms with Gasteiger partial charge < -0.3 is 14.8 Å². The number of aliphatic hydroxyl groups excluding tert-OH is 1. The van der Waals surface area contributed by atoms with E-state index in [0.717, 1.165) is 6.29 Å². The van der Waals surface area contributed by atoms with Gasteiger partial charge in [0.05, 0.1) is 11.1 Å². The lowest BCUT2D eigenvalue weighted by atomic mass is 10.2. The number of hydrogen-bond acceptors (Lipinski definition) is 3. The molecule has 1 unspecified atom stereocenters. The summed E-state index contributed by atoms with van der Waals surface area (Å²) in [4.78, 5) is 12.9. The molecule has 0 spiro atoms. The Kier molecular flexibility index (Phi) is 2.57. The summed E-state index contributed by atoms with van der Waals surface area (Å²) in [5.41, 5.74) is 0. The zero-order chi connectivity index (χ0) is 8.43. The second-order valence-electron chi connectivity index (χ2n) is 2.70. The maximum absolute atomic E-state index is 10.5. The number of aldehydes is 1. The molecule has 0 amide bonds. The molecule has 0 saturated carbocycles. The number of rotatable bonds is 1. The van der Waals surface area contributed by atoms with Crippen molar-refractivity contribution in [2.45, 2.75) is 25.5 Å². The quantitative estimate of drug-likeness (QED) is 0.446. The molecule has 0 aromatic heterocycles. The summed E-state index contributed by atoms with van der Waals surface area (Å²) in [7, 11) is 0. The monoisotopic (exact) mass is 173 g/mol. The normalized spacial score (nSPS) is 30.5. The second-order valence-corrected chi connectivity index (χ2v) is 3.29. The highest BCUT2D eigenvalue weighted by Gasteiger charge is 2.32. The van der Waals surface area contributed by atoms with E-state index in [1.807, 2.05) is 0 Å². The van der Waals surface area contributed by atoms with Crippen LogP contribution in [0.1, 0.15) is 13.3 Å².